The molecule has 0 aromatic carbocycles. The Morgan fingerprint density at radius 2 is 2.33 bits per heavy atom. The van der Waals surface area contributed by atoms with Crippen LogP contribution in [0.1, 0.15) is 17.4 Å². The van der Waals surface area contributed by atoms with Crippen molar-refractivity contribution >= 4 is 11.7 Å². The predicted octanol–water partition coefficient (Wildman–Crippen LogP) is 0.995. The summed E-state index contributed by atoms with van der Waals surface area (Å²) in [5.74, 6) is -0.404. The van der Waals surface area contributed by atoms with Gasteiger partial charge in [-0.1, -0.05) is 0 Å². The highest BCUT2D eigenvalue weighted by atomic mass is 16.5. The molecule has 0 saturated heterocycles. The molecule has 80 valence electrons. The number of nitrogens with one attached hydrogen (secondary N) is 1. The van der Waals surface area contributed by atoms with Crippen LogP contribution in [0.25, 0.3) is 4.98 Å². The number of hydrogen-bond donors (Lipinski definition) is 1. The number of ether oxygens (including phenoxy) is 1. The third-order valence-electron chi connectivity index (χ3n) is 1.66. The number of diazo groups is 1. The summed E-state index contributed by atoms with van der Waals surface area (Å²) in [5.41, 5.74) is 0.103. The highest BCUT2D eigenvalue weighted by Crippen LogP contribution is 2.20. The molecule has 0 aliphatic heterocycles. The van der Waals surface area contributed by atoms with Crippen molar-refractivity contribution in [3.63, 3.8) is 0 Å². The summed E-state index contributed by atoms with van der Waals surface area (Å²) < 4.78 is 5.05. The molecule has 7 nitrogen and oxygen atoms in total. The zero-order chi connectivity index (χ0) is 11.4. The van der Waals surface area contributed by atoms with Crippen LogP contribution in [0.2, 0.25) is 0 Å². The molecular formula is C8H12N5O2+. The largest absolute Gasteiger partial charge is 0.499 e. The summed E-state index contributed by atoms with van der Waals surface area (Å²) >= 11 is 0. The summed E-state index contributed by atoms with van der Waals surface area (Å²) in [4.78, 5) is 22.2. The zero-order valence-corrected chi connectivity index (χ0v) is 8.81. The number of amides is 1. The van der Waals surface area contributed by atoms with E-state index in [0.29, 0.717) is 6.61 Å². The van der Waals surface area contributed by atoms with Gasteiger partial charge in [-0.05, 0) is 6.92 Å². The first kappa shape index (κ1) is 11.0. The average Bonchev–Trinajstić information content (AvgIpc) is 2.60. The number of rotatable bonds is 3. The first-order valence-corrected chi connectivity index (χ1v) is 4.39. The molecule has 0 fully saturated rings. The maximum Gasteiger partial charge on any atom is 0.499 e. The lowest BCUT2D eigenvalue weighted by atomic mass is 10.4. The minimum absolute atomic E-state index is 0.0721. The van der Waals surface area contributed by atoms with Crippen molar-refractivity contribution < 1.29 is 9.53 Å². The number of carbonyl (C=O) groups excluding carboxylic acids is 1. The Hall–Kier alpha value is -2.10. The predicted molar refractivity (Wildman–Crippen MR) is 52.5 cm³/mol. The van der Waals surface area contributed by atoms with E-state index in [-0.39, 0.29) is 23.4 Å². The number of nitrogens with zero attached hydrogens (tertiary/aromatic N) is 4. The van der Waals surface area contributed by atoms with Crippen molar-refractivity contribution in [1.29, 1.82) is 5.39 Å². The van der Waals surface area contributed by atoms with Crippen LogP contribution < -0.4 is 4.74 Å². The van der Waals surface area contributed by atoms with Gasteiger partial charge in [0.25, 0.3) is 5.91 Å². The second-order valence-corrected chi connectivity index (χ2v) is 2.97. The summed E-state index contributed by atoms with van der Waals surface area (Å²) in [6.07, 6.45) is 0. The number of aromatic amines is 1. The Morgan fingerprint density at radius 3 is 2.80 bits per heavy atom. The van der Waals surface area contributed by atoms with Gasteiger partial charge >= 0.3 is 11.8 Å². The maximum atomic E-state index is 11.6. The molecule has 1 aromatic rings. The average molecular weight is 210 g/mol. The molecule has 0 aliphatic carbocycles. The van der Waals surface area contributed by atoms with Crippen LogP contribution >= 0.6 is 0 Å². The summed E-state index contributed by atoms with van der Waals surface area (Å²) in [5, 5.41) is 8.65. The molecule has 0 bridgehead atoms. The van der Waals surface area contributed by atoms with E-state index in [1.807, 2.05) is 0 Å². The highest BCUT2D eigenvalue weighted by Gasteiger charge is 2.29. The minimum atomic E-state index is -0.332. The molecule has 1 heterocycles. The van der Waals surface area contributed by atoms with Gasteiger partial charge in [0.15, 0.2) is 0 Å². The van der Waals surface area contributed by atoms with E-state index in [2.05, 4.69) is 14.9 Å². The van der Waals surface area contributed by atoms with E-state index >= 15 is 0 Å². The molecule has 1 amide bonds. The normalized spacial score (nSPS) is 9.47. The van der Waals surface area contributed by atoms with Crippen LogP contribution in [-0.4, -0.2) is 41.5 Å². The molecule has 1 N–H and O–H groups in total. The van der Waals surface area contributed by atoms with Crippen molar-refractivity contribution in [2.75, 3.05) is 20.7 Å². The summed E-state index contributed by atoms with van der Waals surface area (Å²) in [7, 11) is 3.18. The molecule has 1 rings (SSSR count). The molecule has 0 unspecified atom stereocenters. The smallest absolute Gasteiger partial charge is 0.446 e. The fourth-order valence-electron chi connectivity index (χ4n) is 0.993. The van der Waals surface area contributed by atoms with Crippen LogP contribution in [0.5, 0.6) is 6.01 Å². The van der Waals surface area contributed by atoms with Gasteiger partial charge in [-0.2, -0.15) is 0 Å². The van der Waals surface area contributed by atoms with E-state index in [4.69, 9.17) is 10.1 Å². The van der Waals surface area contributed by atoms with Crippen LogP contribution in [0.4, 0.5) is 5.82 Å². The molecule has 0 aliphatic rings. The molecular weight excluding hydrogens is 198 g/mol. The number of aromatic nitrogens is 2. The van der Waals surface area contributed by atoms with Crippen LogP contribution in [-0.2, 0) is 0 Å². The minimum Gasteiger partial charge on any atom is -0.446 e. The van der Waals surface area contributed by atoms with Crippen LogP contribution in [0.15, 0.2) is 0 Å². The molecule has 15 heavy (non-hydrogen) atoms. The Balaban J connectivity index is 3.07. The second kappa shape index (κ2) is 4.41. The first-order chi connectivity index (χ1) is 7.10. The van der Waals surface area contributed by atoms with Gasteiger partial charge < -0.3 is 9.64 Å². The fourth-order valence-corrected chi connectivity index (χ4v) is 0.993. The Labute approximate surface area is 86.7 Å². The van der Waals surface area contributed by atoms with Crippen molar-refractivity contribution in [2.45, 2.75) is 6.92 Å². The maximum absolute atomic E-state index is 11.6. The molecule has 0 saturated carbocycles. The molecule has 0 spiro atoms. The van der Waals surface area contributed by atoms with E-state index < -0.39 is 0 Å². The lowest BCUT2D eigenvalue weighted by Crippen LogP contribution is -2.22. The number of imidazole rings is 1. The Bertz CT molecular complexity index is 404. The molecule has 0 atom stereocenters. The molecule has 1 aromatic heterocycles. The van der Waals surface area contributed by atoms with E-state index in [1.54, 1.807) is 21.0 Å². The second-order valence-electron chi connectivity index (χ2n) is 2.97. The Morgan fingerprint density at radius 1 is 1.67 bits per heavy atom. The van der Waals surface area contributed by atoms with Gasteiger partial charge in [-0.15, -0.1) is 0 Å². The lowest BCUT2D eigenvalue weighted by Gasteiger charge is -2.05. The van der Waals surface area contributed by atoms with Crippen molar-refractivity contribution in [3.05, 3.63) is 10.7 Å². The highest BCUT2D eigenvalue weighted by molar-refractivity contribution is 5.97. The van der Waals surface area contributed by atoms with Crippen molar-refractivity contribution in [3.8, 4) is 6.01 Å². The number of H-pyrrole nitrogens is 1. The summed E-state index contributed by atoms with van der Waals surface area (Å²) in [6, 6.07) is 0.163. The van der Waals surface area contributed by atoms with Crippen LogP contribution in [0, 0.1) is 5.39 Å². The van der Waals surface area contributed by atoms with E-state index in [9.17, 15) is 4.79 Å². The first-order valence-electron chi connectivity index (χ1n) is 4.39. The van der Waals surface area contributed by atoms with E-state index in [1.165, 1.54) is 4.90 Å². The number of hydrogen-bond acceptors (Lipinski definition) is 4. The third-order valence-corrected chi connectivity index (χ3v) is 1.66. The Kier molecular flexibility index (Phi) is 3.23. The van der Waals surface area contributed by atoms with Crippen molar-refractivity contribution in [2.24, 2.45) is 0 Å². The topological polar surface area (TPSA) is 86.4 Å². The van der Waals surface area contributed by atoms with Gasteiger partial charge in [-0.25, -0.2) is 0 Å². The monoisotopic (exact) mass is 210 g/mol. The van der Waals surface area contributed by atoms with Gasteiger partial charge in [0.2, 0.25) is 5.69 Å². The van der Waals surface area contributed by atoms with Gasteiger partial charge in [0.1, 0.15) is 0 Å². The van der Waals surface area contributed by atoms with Gasteiger partial charge in [-0.3, -0.25) is 9.78 Å². The standard InChI is InChI=1S/C8H11N5O2/c1-4-15-8-10-5(6(11-8)12-9)7(14)13(2)3/h4H2,1-3H3/p+1. The quantitative estimate of drug-likeness (QED) is 0.754. The van der Waals surface area contributed by atoms with Crippen molar-refractivity contribution in [1.82, 2.24) is 14.9 Å². The third kappa shape index (κ3) is 2.22. The lowest BCUT2D eigenvalue weighted by molar-refractivity contribution is 0.0823. The zero-order valence-electron chi connectivity index (χ0n) is 8.81. The molecule has 7 heteroatoms. The summed E-state index contributed by atoms with van der Waals surface area (Å²) in [6.45, 7) is 2.19. The van der Waals surface area contributed by atoms with E-state index in [0.717, 1.165) is 0 Å². The fraction of sp³-hybridized carbons (Fsp3) is 0.500. The van der Waals surface area contributed by atoms with Gasteiger partial charge in [0.05, 0.1) is 12.0 Å². The van der Waals surface area contributed by atoms with Gasteiger partial charge in [0, 0.05) is 24.1 Å². The number of carbonyl (C=O) groups is 1. The van der Waals surface area contributed by atoms with Crippen LogP contribution in [0.3, 0.4) is 0 Å². The molecule has 0 radical (unpaired) electrons. The SMILES string of the molecule is CCOc1nc([N+]#N)c(C(=O)N(C)C)[nH]1.